The van der Waals surface area contributed by atoms with Gasteiger partial charge in [-0.1, -0.05) is 24.6 Å². The minimum atomic E-state index is -0.414. The predicted octanol–water partition coefficient (Wildman–Crippen LogP) is 2.40. The Kier molecular flexibility index (Phi) is 4.81. The zero-order valence-corrected chi connectivity index (χ0v) is 10.1. The van der Waals surface area contributed by atoms with E-state index in [1.165, 1.54) is 5.56 Å². The first-order valence-corrected chi connectivity index (χ1v) is 5.54. The molecule has 0 aromatic heterocycles. The number of nitriles is 1. The van der Waals surface area contributed by atoms with Gasteiger partial charge in [0.15, 0.2) is 6.10 Å². The SMILES string of the molecule is CCNCc1cc(C)ccc1OC(C)C#N. The molecule has 0 aliphatic carbocycles. The number of nitrogens with zero attached hydrogens (tertiary/aromatic N) is 1. The highest BCUT2D eigenvalue weighted by Crippen LogP contribution is 2.21. The van der Waals surface area contributed by atoms with E-state index in [1.807, 2.05) is 19.1 Å². The molecule has 0 spiro atoms. The molecule has 1 unspecified atom stereocenters. The number of hydrogen-bond donors (Lipinski definition) is 1. The van der Waals surface area contributed by atoms with Crippen molar-refractivity contribution in [1.82, 2.24) is 5.32 Å². The van der Waals surface area contributed by atoms with E-state index in [0.717, 1.165) is 24.4 Å². The van der Waals surface area contributed by atoms with Crippen LogP contribution in [0.25, 0.3) is 0 Å². The molecule has 1 rings (SSSR count). The molecule has 86 valence electrons. The first-order chi connectivity index (χ1) is 7.67. The van der Waals surface area contributed by atoms with Crippen molar-refractivity contribution in [1.29, 1.82) is 5.26 Å². The normalized spacial score (nSPS) is 11.9. The lowest BCUT2D eigenvalue weighted by atomic mass is 10.1. The standard InChI is InChI=1S/C13H18N2O/c1-4-15-9-12-7-10(2)5-6-13(12)16-11(3)8-14/h5-7,11,15H,4,9H2,1-3H3. The van der Waals surface area contributed by atoms with E-state index in [-0.39, 0.29) is 0 Å². The molecule has 3 nitrogen and oxygen atoms in total. The van der Waals surface area contributed by atoms with Crippen LogP contribution in [0.15, 0.2) is 18.2 Å². The van der Waals surface area contributed by atoms with Crippen molar-refractivity contribution < 1.29 is 4.74 Å². The fourth-order valence-corrected chi connectivity index (χ4v) is 1.44. The van der Waals surface area contributed by atoms with Crippen LogP contribution in [0.2, 0.25) is 0 Å². The van der Waals surface area contributed by atoms with Crippen LogP contribution in [0.5, 0.6) is 5.75 Å². The summed E-state index contributed by atoms with van der Waals surface area (Å²) < 4.78 is 5.55. The Labute approximate surface area is 97.0 Å². The lowest BCUT2D eigenvalue weighted by molar-refractivity contribution is 0.273. The number of aryl methyl sites for hydroxylation is 1. The smallest absolute Gasteiger partial charge is 0.181 e. The largest absolute Gasteiger partial charge is 0.476 e. The fourth-order valence-electron chi connectivity index (χ4n) is 1.44. The Morgan fingerprint density at radius 2 is 2.25 bits per heavy atom. The van der Waals surface area contributed by atoms with Gasteiger partial charge in [-0.3, -0.25) is 0 Å². The summed E-state index contributed by atoms with van der Waals surface area (Å²) in [5.74, 6) is 0.792. The number of rotatable bonds is 5. The molecule has 0 saturated carbocycles. The van der Waals surface area contributed by atoms with Crippen LogP contribution in [0.1, 0.15) is 25.0 Å². The Bertz CT molecular complexity index is 382. The number of nitrogens with one attached hydrogen (secondary N) is 1. The fraction of sp³-hybridized carbons (Fsp3) is 0.462. The van der Waals surface area contributed by atoms with E-state index in [9.17, 15) is 0 Å². The maximum atomic E-state index is 8.73. The van der Waals surface area contributed by atoms with Crippen LogP contribution >= 0.6 is 0 Å². The first kappa shape index (κ1) is 12.5. The van der Waals surface area contributed by atoms with E-state index in [0.29, 0.717) is 0 Å². The third-order valence-corrected chi connectivity index (χ3v) is 2.27. The topological polar surface area (TPSA) is 45.0 Å². The number of ether oxygens (including phenoxy) is 1. The molecule has 0 heterocycles. The van der Waals surface area contributed by atoms with Gasteiger partial charge in [0.25, 0.3) is 0 Å². The van der Waals surface area contributed by atoms with E-state index in [1.54, 1.807) is 6.92 Å². The summed E-state index contributed by atoms with van der Waals surface area (Å²) in [6.45, 7) is 7.55. The molecule has 1 atom stereocenters. The quantitative estimate of drug-likeness (QED) is 0.825. The van der Waals surface area contributed by atoms with Crippen LogP contribution in [-0.4, -0.2) is 12.6 Å². The third kappa shape index (κ3) is 3.56. The van der Waals surface area contributed by atoms with Crippen LogP contribution in [0, 0.1) is 18.3 Å². The molecule has 1 aromatic carbocycles. The molecular formula is C13H18N2O. The average molecular weight is 218 g/mol. The summed E-state index contributed by atoms with van der Waals surface area (Å²) >= 11 is 0. The Balaban J connectivity index is 2.85. The molecule has 0 bridgehead atoms. The Morgan fingerprint density at radius 1 is 1.50 bits per heavy atom. The van der Waals surface area contributed by atoms with Crippen molar-refractivity contribution in [3.63, 3.8) is 0 Å². The molecule has 16 heavy (non-hydrogen) atoms. The molecule has 0 saturated heterocycles. The average Bonchev–Trinajstić information content (AvgIpc) is 2.29. The van der Waals surface area contributed by atoms with Gasteiger partial charge >= 0.3 is 0 Å². The van der Waals surface area contributed by atoms with Crippen molar-refractivity contribution >= 4 is 0 Å². The minimum absolute atomic E-state index is 0.414. The second-order valence-electron chi connectivity index (χ2n) is 3.78. The third-order valence-electron chi connectivity index (χ3n) is 2.27. The van der Waals surface area contributed by atoms with Gasteiger partial charge in [0.05, 0.1) is 0 Å². The Hall–Kier alpha value is -1.53. The summed E-state index contributed by atoms with van der Waals surface area (Å²) in [7, 11) is 0. The molecule has 0 aliphatic rings. The maximum Gasteiger partial charge on any atom is 0.181 e. The number of hydrogen-bond acceptors (Lipinski definition) is 3. The van der Waals surface area contributed by atoms with E-state index in [4.69, 9.17) is 10.00 Å². The minimum Gasteiger partial charge on any atom is -0.476 e. The van der Waals surface area contributed by atoms with Crippen molar-refractivity contribution in [2.45, 2.75) is 33.4 Å². The summed E-state index contributed by atoms with van der Waals surface area (Å²) in [4.78, 5) is 0. The van der Waals surface area contributed by atoms with Gasteiger partial charge in [0.1, 0.15) is 11.8 Å². The monoisotopic (exact) mass is 218 g/mol. The zero-order valence-electron chi connectivity index (χ0n) is 10.1. The molecule has 0 fully saturated rings. The lowest BCUT2D eigenvalue weighted by Gasteiger charge is -2.13. The molecule has 1 N–H and O–H groups in total. The zero-order chi connectivity index (χ0) is 12.0. The highest BCUT2D eigenvalue weighted by Gasteiger charge is 2.07. The predicted molar refractivity (Wildman–Crippen MR) is 64.3 cm³/mol. The van der Waals surface area contributed by atoms with Gasteiger partial charge in [-0.2, -0.15) is 5.26 Å². The molecule has 3 heteroatoms. The maximum absolute atomic E-state index is 8.73. The molecule has 0 radical (unpaired) electrons. The van der Waals surface area contributed by atoms with E-state index < -0.39 is 6.10 Å². The summed E-state index contributed by atoms with van der Waals surface area (Å²) in [6.07, 6.45) is -0.414. The Morgan fingerprint density at radius 3 is 2.88 bits per heavy atom. The van der Waals surface area contributed by atoms with Crippen LogP contribution in [0.4, 0.5) is 0 Å². The lowest BCUT2D eigenvalue weighted by Crippen LogP contribution is -2.15. The second kappa shape index (κ2) is 6.14. The molecule has 0 amide bonds. The highest BCUT2D eigenvalue weighted by molar-refractivity contribution is 5.37. The van der Waals surface area contributed by atoms with Gasteiger partial charge in [-0.05, 0) is 26.5 Å². The van der Waals surface area contributed by atoms with Crippen molar-refractivity contribution in [3.05, 3.63) is 29.3 Å². The second-order valence-corrected chi connectivity index (χ2v) is 3.78. The van der Waals surface area contributed by atoms with E-state index >= 15 is 0 Å². The van der Waals surface area contributed by atoms with E-state index in [2.05, 4.69) is 24.4 Å². The van der Waals surface area contributed by atoms with Gasteiger partial charge < -0.3 is 10.1 Å². The molecular weight excluding hydrogens is 200 g/mol. The summed E-state index contributed by atoms with van der Waals surface area (Å²) in [5.41, 5.74) is 2.30. The van der Waals surface area contributed by atoms with Crippen LogP contribution < -0.4 is 10.1 Å². The molecule has 0 aliphatic heterocycles. The van der Waals surface area contributed by atoms with Crippen molar-refractivity contribution in [2.24, 2.45) is 0 Å². The van der Waals surface area contributed by atoms with Crippen LogP contribution in [-0.2, 0) is 6.54 Å². The van der Waals surface area contributed by atoms with Gasteiger partial charge in [-0.15, -0.1) is 0 Å². The van der Waals surface area contributed by atoms with Crippen LogP contribution in [0.3, 0.4) is 0 Å². The molecule has 1 aromatic rings. The summed E-state index contributed by atoms with van der Waals surface area (Å²) in [6, 6.07) is 8.08. The number of benzene rings is 1. The first-order valence-electron chi connectivity index (χ1n) is 5.54. The summed E-state index contributed by atoms with van der Waals surface area (Å²) in [5, 5.41) is 12.0. The van der Waals surface area contributed by atoms with Gasteiger partial charge in [0, 0.05) is 12.1 Å². The highest BCUT2D eigenvalue weighted by atomic mass is 16.5. The van der Waals surface area contributed by atoms with Crippen molar-refractivity contribution in [2.75, 3.05) is 6.54 Å². The van der Waals surface area contributed by atoms with Gasteiger partial charge in [-0.25, -0.2) is 0 Å². The van der Waals surface area contributed by atoms with Crippen molar-refractivity contribution in [3.8, 4) is 11.8 Å². The van der Waals surface area contributed by atoms with Gasteiger partial charge in [0.2, 0.25) is 0 Å².